The van der Waals surface area contributed by atoms with Crippen LogP contribution in [0.1, 0.15) is 38.7 Å². The molecule has 0 fully saturated rings. The Hall–Kier alpha value is -2.00. The van der Waals surface area contributed by atoms with Crippen LogP contribution in [-0.4, -0.2) is 50.5 Å². The first-order valence-electron chi connectivity index (χ1n) is 11.2. The lowest BCUT2D eigenvalue weighted by Gasteiger charge is -2.33. The van der Waals surface area contributed by atoms with Crippen LogP contribution in [0.15, 0.2) is 42.5 Å². The first kappa shape index (κ1) is 29.2. The van der Waals surface area contributed by atoms with Crippen LogP contribution in [-0.2, 0) is 26.2 Å². The van der Waals surface area contributed by atoms with Crippen molar-refractivity contribution in [1.29, 1.82) is 0 Å². The number of carbonyl (C=O) groups is 2. The quantitative estimate of drug-likeness (QED) is 0.363. The lowest BCUT2D eigenvalue weighted by atomic mass is 10.1. The second kappa shape index (κ2) is 13.3. The van der Waals surface area contributed by atoms with Gasteiger partial charge in [-0.15, -0.1) is 0 Å². The van der Waals surface area contributed by atoms with Crippen LogP contribution in [0, 0.1) is 0 Å². The van der Waals surface area contributed by atoms with Gasteiger partial charge in [0.2, 0.25) is 21.8 Å². The summed E-state index contributed by atoms with van der Waals surface area (Å²) in [5.41, 5.74) is 0.753. The fraction of sp³-hybridized carbons (Fsp3) is 0.417. The third-order valence-electron chi connectivity index (χ3n) is 5.37. The Balaban J connectivity index is 2.45. The summed E-state index contributed by atoms with van der Waals surface area (Å²) in [7, 11) is -3.90. The van der Waals surface area contributed by atoms with Gasteiger partial charge in [0.15, 0.2) is 0 Å². The van der Waals surface area contributed by atoms with Gasteiger partial charge in [-0.05, 0) is 42.7 Å². The average molecular weight is 563 g/mol. The summed E-state index contributed by atoms with van der Waals surface area (Å²) < 4.78 is 26.2. The molecule has 2 aromatic rings. The van der Waals surface area contributed by atoms with Crippen molar-refractivity contribution in [1.82, 2.24) is 10.2 Å². The molecule has 1 atom stereocenters. The normalized spacial score (nSPS) is 12.2. The molecule has 11 heteroatoms. The van der Waals surface area contributed by atoms with Gasteiger partial charge in [-0.2, -0.15) is 0 Å². The van der Waals surface area contributed by atoms with Crippen molar-refractivity contribution in [2.24, 2.45) is 0 Å². The number of carbonyl (C=O) groups excluding carboxylic acids is 2. The Kier molecular flexibility index (Phi) is 11.1. The van der Waals surface area contributed by atoms with Crippen LogP contribution in [0.4, 0.5) is 5.69 Å². The minimum atomic E-state index is -3.90. The van der Waals surface area contributed by atoms with Crippen molar-refractivity contribution < 1.29 is 18.0 Å². The number of nitrogens with zero attached hydrogens (tertiary/aromatic N) is 2. The van der Waals surface area contributed by atoms with Crippen molar-refractivity contribution in [3.8, 4) is 0 Å². The topological polar surface area (TPSA) is 86.8 Å². The number of benzene rings is 2. The molecule has 192 valence electrons. The Bertz CT molecular complexity index is 1140. The van der Waals surface area contributed by atoms with E-state index in [-0.39, 0.29) is 23.2 Å². The first-order valence-corrected chi connectivity index (χ1v) is 14.2. The molecular weight excluding hydrogens is 533 g/mol. The zero-order valence-corrected chi connectivity index (χ0v) is 23.0. The van der Waals surface area contributed by atoms with Crippen molar-refractivity contribution in [2.45, 2.75) is 45.7 Å². The number of hydrogen-bond donors (Lipinski definition) is 1. The second-order valence-corrected chi connectivity index (χ2v) is 11.2. The van der Waals surface area contributed by atoms with E-state index in [2.05, 4.69) is 5.32 Å². The number of sulfonamides is 1. The van der Waals surface area contributed by atoms with Crippen molar-refractivity contribution >= 4 is 62.3 Å². The highest BCUT2D eigenvalue weighted by molar-refractivity contribution is 7.92. The van der Waals surface area contributed by atoms with Crippen LogP contribution in [0.2, 0.25) is 15.1 Å². The standard InChI is InChI=1S/C24H30Cl3N3O4S/c1-4-6-13-28-24(32)21(5-2)29(15-17-9-7-8-10-19(17)26)23(31)16-30(35(3,33)34)22-12-11-18(25)14-20(22)27/h7-12,14,21H,4-6,13,15-16H2,1-3H3,(H,28,32). The van der Waals surface area contributed by atoms with Crippen LogP contribution in [0.25, 0.3) is 0 Å². The summed E-state index contributed by atoms with van der Waals surface area (Å²) in [5.74, 6) is -0.879. The highest BCUT2D eigenvalue weighted by Crippen LogP contribution is 2.31. The summed E-state index contributed by atoms with van der Waals surface area (Å²) >= 11 is 18.6. The Labute approximate surface area is 222 Å². The summed E-state index contributed by atoms with van der Waals surface area (Å²) in [5, 5.41) is 3.71. The van der Waals surface area contributed by atoms with Gasteiger partial charge in [0.25, 0.3) is 0 Å². The van der Waals surface area contributed by atoms with E-state index in [1.54, 1.807) is 31.2 Å². The molecule has 0 aromatic heterocycles. The van der Waals surface area contributed by atoms with Gasteiger partial charge in [-0.1, -0.05) is 73.3 Å². The van der Waals surface area contributed by atoms with E-state index in [0.29, 0.717) is 28.6 Å². The van der Waals surface area contributed by atoms with Gasteiger partial charge in [0.05, 0.1) is 17.0 Å². The summed E-state index contributed by atoms with van der Waals surface area (Å²) in [6.45, 7) is 3.77. The fourth-order valence-corrected chi connectivity index (χ4v) is 5.13. The monoisotopic (exact) mass is 561 g/mol. The van der Waals surface area contributed by atoms with Crippen LogP contribution < -0.4 is 9.62 Å². The van der Waals surface area contributed by atoms with E-state index in [4.69, 9.17) is 34.8 Å². The summed E-state index contributed by atoms with van der Waals surface area (Å²) in [6, 6.07) is 10.5. The second-order valence-electron chi connectivity index (χ2n) is 8.05. The molecule has 0 aliphatic heterocycles. The average Bonchev–Trinajstić information content (AvgIpc) is 2.78. The highest BCUT2D eigenvalue weighted by Gasteiger charge is 2.32. The van der Waals surface area contributed by atoms with E-state index in [1.807, 2.05) is 6.92 Å². The number of amides is 2. The Morgan fingerprint density at radius 1 is 1.03 bits per heavy atom. The minimum Gasteiger partial charge on any atom is -0.354 e. The lowest BCUT2D eigenvalue weighted by molar-refractivity contribution is -0.140. The minimum absolute atomic E-state index is 0.0319. The van der Waals surface area contributed by atoms with E-state index in [1.165, 1.54) is 23.1 Å². The molecule has 0 heterocycles. The molecule has 2 amide bonds. The summed E-state index contributed by atoms with van der Waals surface area (Å²) in [4.78, 5) is 28.0. The van der Waals surface area contributed by atoms with E-state index >= 15 is 0 Å². The van der Waals surface area contributed by atoms with Crippen molar-refractivity contribution in [2.75, 3.05) is 23.7 Å². The molecule has 1 unspecified atom stereocenters. The first-order chi connectivity index (χ1) is 16.5. The predicted molar refractivity (Wildman–Crippen MR) is 143 cm³/mol. The van der Waals surface area contributed by atoms with E-state index in [0.717, 1.165) is 23.4 Å². The largest absolute Gasteiger partial charge is 0.354 e. The van der Waals surface area contributed by atoms with Gasteiger partial charge >= 0.3 is 0 Å². The van der Waals surface area contributed by atoms with Gasteiger partial charge < -0.3 is 10.2 Å². The third kappa shape index (κ3) is 8.27. The van der Waals surface area contributed by atoms with Crippen molar-refractivity contribution in [3.63, 3.8) is 0 Å². The maximum absolute atomic E-state index is 13.6. The van der Waals surface area contributed by atoms with Crippen LogP contribution in [0.3, 0.4) is 0 Å². The van der Waals surface area contributed by atoms with Crippen LogP contribution in [0.5, 0.6) is 0 Å². The molecule has 0 saturated heterocycles. The van der Waals surface area contributed by atoms with Gasteiger partial charge in [-0.3, -0.25) is 13.9 Å². The molecule has 2 aromatic carbocycles. The SMILES string of the molecule is CCCCNC(=O)C(CC)N(Cc1ccccc1Cl)C(=O)CN(c1ccc(Cl)cc1Cl)S(C)(=O)=O. The van der Waals surface area contributed by atoms with Gasteiger partial charge in [0.1, 0.15) is 12.6 Å². The Morgan fingerprint density at radius 2 is 1.71 bits per heavy atom. The molecule has 0 bridgehead atoms. The van der Waals surface area contributed by atoms with Crippen molar-refractivity contribution in [3.05, 3.63) is 63.1 Å². The molecule has 0 radical (unpaired) electrons. The number of halogens is 3. The molecule has 0 saturated carbocycles. The van der Waals surface area contributed by atoms with Gasteiger partial charge in [-0.25, -0.2) is 8.42 Å². The van der Waals surface area contributed by atoms with E-state index < -0.39 is 28.5 Å². The number of nitrogens with one attached hydrogen (secondary N) is 1. The molecular formula is C24H30Cl3N3O4S. The molecule has 2 rings (SSSR count). The molecule has 0 aliphatic rings. The zero-order valence-electron chi connectivity index (χ0n) is 19.9. The smallest absolute Gasteiger partial charge is 0.244 e. The maximum atomic E-state index is 13.6. The molecule has 7 nitrogen and oxygen atoms in total. The lowest BCUT2D eigenvalue weighted by Crippen LogP contribution is -2.52. The van der Waals surface area contributed by atoms with Crippen LogP contribution >= 0.6 is 34.8 Å². The summed E-state index contributed by atoms with van der Waals surface area (Å²) in [6.07, 6.45) is 3.02. The number of rotatable bonds is 12. The molecule has 0 aliphatic carbocycles. The number of hydrogen-bond acceptors (Lipinski definition) is 4. The fourth-order valence-electron chi connectivity index (χ4n) is 3.51. The zero-order chi connectivity index (χ0) is 26.2. The molecule has 35 heavy (non-hydrogen) atoms. The Morgan fingerprint density at radius 3 is 2.29 bits per heavy atom. The number of anilines is 1. The number of unbranched alkanes of at least 4 members (excludes halogenated alkanes) is 1. The van der Waals surface area contributed by atoms with E-state index in [9.17, 15) is 18.0 Å². The molecule has 0 spiro atoms. The third-order valence-corrected chi connectivity index (χ3v) is 7.40. The maximum Gasteiger partial charge on any atom is 0.244 e. The molecule has 1 N–H and O–H groups in total. The predicted octanol–water partition coefficient (Wildman–Crippen LogP) is 5.14. The highest BCUT2D eigenvalue weighted by atomic mass is 35.5. The van der Waals surface area contributed by atoms with Gasteiger partial charge in [0, 0.05) is 23.1 Å².